The van der Waals surface area contributed by atoms with E-state index >= 15 is 0 Å². The lowest BCUT2D eigenvalue weighted by molar-refractivity contribution is 1.54. The van der Waals surface area contributed by atoms with Gasteiger partial charge in [-0.3, -0.25) is 0 Å². The van der Waals surface area contributed by atoms with Crippen molar-refractivity contribution in [3.8, 4) is 0 Å². The van der Waals surface area contributed by atoms with Crippen LogP contribution in [0.3, 0.4) is 0 Å². The number of rotatable bonds is 3. The minimum absolute atomic E-state index is 0.647. The van der Waals surface area contributed by atoms with Gasteiger partial charge < -0.3 is 0 Å². The van der Waals surface area contributed by atoms with Crippen molar-refractivity contribution in [2.45, 2.75) is 20.8 Å². The molecule has 0 saturated carbocycles. The van der Waals surface area contributed by atoms with Crippen molar-refractivity contribution in [2.75, 3.05) is 0 Å². The van der Waals surface area contributed by atoms with E-state index in [1.165, 1.54) is 10.6 Å². The van der Waals surface area contributed by atoms with Gasteiger partial charge in [-0.1, -0.05) is 36.4 Å². The summed E-state index contributed by atoms with van der Waals surface area (Å²) in [5.74, 6) is 0.746. The molecule has 0 N–H and O–H groups in total. The summed E-state index contributed by atoms with van der Waals surface area (Å²) in [5, 5.41) is 2.53. The molecule has 0 bridgehead atoms. The smallest absolute Gasteiger partial charge is 0.124 e. The van der Waals surface area contributed by atoms with Crippen LogP contribution in [0.2, 0.25) is 0 Å². The van der Waals surface area contributed by atoms with Crippen molar-refractivity contribution in [3.05, 3.63) is 41.7 Å². The highest BCUT2D eigenvalue weighted by atomic mass is 31.1. The summed E-state index contributed by atoms with van der Waals surface area (Å²) in [6.45, 7) is 9.54. The lowest BCUT2D eigenvalue weighted by atomic mass is 10.4. The molecule has 1 atom stereocenters. The van der Waals surface area contributed by atoms with Gasteiger partial charge >= 0.3 is 0 Å². The van der Waals surface area contributed by atoms with Gasteiger partial charge in [0.15, 0.2) is 0 Å². The van der Waals surface area contributed by atoms with Crippen molar-refractivity contribution in [1.82, 2.24) is 0 Å². The quantitative estimate of drug-likeness (QED) is 0.431. The van der Waals surface area contributed by atoms with Crippen LogP contribution in [0.1, 0.15) is 20.8 Å². The predicted molar refractivity (Wildman–Crippen MR) is 75.1 cm³/mol. The molecule has 1 aromatic carbocycles. The first-order valence-corrected chi connectivity index (χ1v) is 6.48. The normalized spacial score (nSPS) is 14.7. The van der Waals surface area contributed by atoms with E-state index in [1.54, 1.807) is 0 Å². The lowest BCUT2D eigenvalue weighted by Crippen LogP contribution is -2.00. The van der Waals surface area contributed by atoms with Crippen LogP contribution in [0.25, 0.3) is 0 Å². The maximum Gasteiger partial charge on any atom is 0.124 e. The van der Waals surface area contributed by atoms with E-state index in [0.29, 0.717) is 0 Å². The Bertz CT molecular complexity index is 407. The zero-order valence-electron chi connectivity index (χ0n) is 10.0. The minimum atomic E-state index is -0.647. The second-order valence-electron chi connectivity index (χ2n) is 3.38. The minimum Gasteiger partial charge on any atom is -0.250 e. The summed E-state index contributed by atoms with van der Waals surface area (Å²) < 4.78 is 4.62. The Kier molecular flexibility index (Phi) is 5.07. The van der Waals surface area contributed by atoms with Gasteiger partial charge in [0.05, 0.1) is 8.07 Å². The Morgan fingerprint density at radius 1 is 1.25 bits per heavy atom. The molecule has 0 spiro atoms. The maximum atomic E-state index is 4.62. The Hall–Kier alpha value is -1.27. The Labute approximate surface area is 98.6 Å². The van der Waals surface area contributed by atoms with Crippen LogP contribution >= 0.6 is 8.07 Å². The molecular weight excluding hydrogens is 215 g/mol. The third-order valence-corrected chi connectivity index (χ3v) is 4.43. The molecule has 1 unspecified atom stereocenters. The summed E-state index contributed by atoms with van der Waals surface area (Å²) in [6, 6.07) is 10.3. The predicted octanol–water partition coefficient (Wildman–Crippen LogP) is 3.75. The molecule has 0 fully saturated rings. The number of hydrogen-bond donors (Lipinski definition) is 0. The van der Waals surface area contributed by atoms with Crippen LogP contribution in [-0.4, -0.2) is 12.6 Å². The van der Waals surface area contributed by atoms with Crippen molar-refractivity contribution in [2.24, 2.45) is 9.76 Å². The summed E-state index contributed by atoms with van der Waals surface area (Å²) in [4.78, 5) is 3.86. The van der Waals surface area contributed by atoms with Crippen LogP contribution in [0.15, 0.2) is 51.5 Å². The van der Waals surface area contributed by atoms with Crippen molar-refractivity contribution >= 4 is 25.9 Å². The number of amidine groups is 1. The maximum absolute atomic E-state index is 4.62. The van der Waals surface area contributed by atoms with Crippen molar-refractivity contribution in [1.29, 1.82) is 0 Å². The van der Waals surface area contributed by atoms with E-state index in [9.17, 15) is 0 Å². The highest BCUT2D eigenvalue weighted by Gasteiger charge is 2.11. The van der Waals surface area contributed by atoms with Crippen LogP contribution < -0.4 is 5.30 Å². The van der Waals surface area contributed by atoms with Crippen molar-refractivity contribution in [3.63, 3.8) is 0 Å². The van der Waals surface area contributed by atoms with Gasteiger partial charge in [0.25, 0.3) is 0 Å². The van der Waals surface area contributed by atoms with E-state index in [-0.39, 0.29) is 0 Å². The highest BCUT2D eigenvalue weighted by Crippen LogP contribution is 2.44. The average Bonchev–Trinajstić information content (AvgIpc) is 2.35. The third-order valence-electron chi connectivity index (χ3n) is 2.23. The van der Waals surface area contributed by atoms with Gasteiger partial charge in [-0.05, 0) is 32.8 Å². The molecule has 1 aromatic rings. The molecule has 0 amide bonds. The summed E-state index contributed by atoms with van der Waals surface area (Å²) in [7, 11) is -0.647. The summed E-state index contributed by atoms with van der Waals surface area (Å²) in [6.07, 6.45) is 2.11. The Morgan fingerprint density at radius 3 is 2.38 bits per heavy atom. The van der Waals surface area contributed by atoms with Gasteiger partial charge in [0.2, 0.25) is 0 Å². The molecule has 2 nitrogen and oxygen atoms in total. The molecule has 16 heavy (non-hydrogen) atoms. The van der Waals surface area contributed by atoms with Gasteiger partial charge in [-0.15, -0.1) is 0 Å². The molecule has 0 aliphatic heterocycles. The van der Waals surface area contributed by atoms with Gasteiger partial charge in [-0.2, -0.15) is 0 Å². The number of hydrogen-bond acceptors (Lipinski definition) is 1. The zero-order chi connectivity index (χ0) is 12.0. The van der Waals surface area contributed by atoms with Crippen LogP contribution in [0, 0.1) is 0 Å². The molecule has 0 saturated heterocycles. The topological polar surface area (TPSA) is 24.7 Å². The molecule has 3 heteroatoms. The number of benzene rings is 1. The first-order valence-electron chi connectivity index (χ1n) is 5.19. The van der Waals surface area contributed by atoms with Gasteiger partial charge in [0, 0.05) is 5.30 Å². The molecule has 84 valence electrons. The monoisotopic (exact) mass is 232 g/mol. The molecule has 0 aliphatic carbocycles. The van der Waals surface area contributed by atoms with Crippen LogP contribution in [0.4, 0.5) is 0 Å². The highest BCUT2D eigenvalue weighted by molar-refractivity contribution is 7.68. The molecule has 1 rings (SSSR count). The average molecular weight is 232 g/mol. The fourth-order valence-corrected chi connectivity index (χ4v) is 2.94. The standard InChI is InChI=1S/C13H17N2P/c1-5-11(2)16(15-12(3)14-4)13-9-7-6-8-10-13/h5-10H,4H2,1-3H3. The molecular formula is C13H17N2P. The van der Waals surface area contributed by atoms with E-state index in [1.807, 2.05) is 32.0 Å². The summed E-state index contributed by atoms with van der Waals surface area (Å²) in [5.41, 5.74) is 0. The SMILES string of the molecule is C=NC(C)=NP(C(C)=CC)c1ccccc1. The molecule has 0 aromatic heterocycles. The fraction of sp³-hybridized carbons (Fsp3) is 0.231. The Balaban J connectivity index is 3.12. The number of aliphatic imine (C=N–C) groups is 1. The largest absolute Gasteiger partial charge is 0.250 e. The zero-order valence-corrected chi connectivity index (χ0v) is 10.9. The van der Waals surface area contributed by atoms with E-state index in [4.69, 9.17) is 0 Å². The van der Waals surface area contributed by atoms with Crippen LogP contribution in [-0.2, 0) is 0 Å². The number of nitrogens with zero attached hydrogens (tertiary/aromatic N) is 2. The molecule has 0 aliphatic rings. The van der Waals surface area contributed by atoms with E-state index in [2.05, 4.69) is 41.6 Å². The van der Waals surface area contributed by atoms with Gasteiger partial charge in [0.1, 0.15) is 5.84 Å². The van der Waals surface area contributed by atoms with Crippen LogP contribution in [0.5, 0.6) is 0 Å². The van der Waals surface area contributed by atoms with Gasteiger partial charge in [-0.25, -0.2) is 9.76 Å². The molecule has 0 radical (unpaired) electrons. The van der Waals surface area contributed by atoms with Crippen molar-refractivity contribution < 1.29 is 0 Å². The number of allylic oxidation sites excluding steroid dienone is 2. The second kappa shape index (κ2) is 6.34. The molecule has 0 heterocycles. The lowest BCUT2D eigenvalue weighted by Gasteiger charge is -2.13. The third kappa shape index (κ3) is 3.39. The summed E-state index contributed by atoms with van der Waals surface area (Å²) >= 11 is 0. The Morgan fingerprint density at radius 2 is 1.88 bits per heavy atom. The first-order chi connectivity index (χ1) is 7.69. The van der Waals surface area contributed by atoms with E-state index in [0.717, 1.165) is 5.84 Å². The fourth-order valence-electron chi connectivity index (χ4n) is 1.21. The first kappa shape index (κ1) is 12.8. The second-order valence-corrected chi connectivity index (χ2v) is 5.43. The van der Waals surface area contributed by atoms with E-state index < -0.39 is 8.07 Å².